The van der Waals surface area contributed by atoms with E-state index in [-0.39, 0.29) is 18.9 Å². The summed E-state index contributed by atoms with van der Waals surface area (Å²) < 4.78 is 10.4. The zero-order valence-corrected chi connectivity index (χ0v) is 19.4. The quantitative estimate of drug-likeness (QED) is 0.146. The van der Waals surface area contributed by atoms with E-state index in [1.807, 2.05) is 41.3 Å². The lowest BCUT2D eigenvalue weighted by atomic mass is 10.1. The Bertz CT molecular complexity index is 1040. The minimum absolute atomic E-state index is 0.0458. The third-order valence-corrected chi connectivity index (χ3v) is 4.72. The lowest BCUT2D eigenvalue weighted by Crippen LogP contribution is -2.32. The first-order valence-electron chi connectivity index (χ1n) is 10.6. The Morgan fingerprint density at radius 2 is 1.26 bits per heavy atom. The number of anilines is 1. The van der Waals surface area contributed by atoms with E-state index in [0.717, 1.165) is 16.8 Å². The summed E-state index contributed by atoms with van der Waals surface area (Å²) in [4.78, 5) is 35.6. The molecular formula is C26H28N2O6. The summed E-state index contributed by atoms with van der Waals surface area (Å²) in [5, 5.41) is 10.8. The Kier molecular flexibility index (Phi) is 9.76. The highest BCUT2D eigenvalue weighted by Gasteiger charge is 2.11. The molecule has 8 nitrogen and oxygen atoms in total. The van der Waals surface area contributed by atoms with Gasteiger partial charge in [0.2, 0.25) is 0 Å². The number of hydrogen-bond acceptors (Lipinski definition) is 7. The van der Waals surface area contributed by atoms with Crippen molar-refractivity contribution in [3.05, 3.63) is 94.1 Å². The van der Waals surface area contributed by atoms with Gasteiger partial charge in [-0.05, 0) is 49.2 Å². The maximum absolute atomic E-state index is 11.7. The van der Waals surface area contributed by atoms with Gasteiger partial charge >= 0.3 is 11.9 Å². The molecule has 0 N–H and O–H groups in total. The van der Waals surface area contributed by atoms with Crippen LogP contribution in [0.1, 0.15) is 25.0 Å². The first-order chi connectivity index (χ1) is 16.2. The molecule has 0 heterocycles. The summed E-state index contributed by atoms with van der Waals surface area (Å²) in [6.45, 7) is 11.4. The highest BCUT2D eigenvalue weighted by molar-refractivity contribution is 5.87. The number of nitrogens with zero attached hydrogens (tertiary/aromatic N) is 2. The van der Waals surface area contributed by atoms with Crippen LogP contribution in [0.4, 0.5) is 11.4 Å². The molecule has 0 fully saturated rings. The predicted molar refractivity (Wildman–Crippen MR) is 132 cm³/mol. The van der Waals surface area contributed by atoms with Crippen LogP contribution in [0.2, 0.25) is 0 Å². The molecule has 2 aromatic rings. The van der Waals surface area contributed by atoms with Gasteiger partial charge in [-0.15, -0.1) is 0 Å². The van der Waals surface area contributed by atoms with Gasteiger partial charge in [-0.3, -0.25) is 10.1 Å². The standard InChI is InChI=1S/C26H28N2O6/c1-19(2)25(29)33-17-15-27(16-18-34-26(30)20(3)4)23-11-7-21(8-12-23)5-6-22-9-13-24(14-10-22)28(31)32/h5-14H,1,3,15-18H2,2,4H3/b6-5+. The fourth-order valence-electron chi connectivity index (χ4n) is 2.81. The van der Waals surface area contributed by atoms with Crippen molar-refractivity contribution in [2.24, 2.45) is 0 Å². The third kappa shape index (κ3) is 8.38. The molecule has 0 saturated heterocycles. The molecular weight excluding hydrogens is 436 g/mol. The highest BCUT2D eigenvalue weighted by atomic mass is 16.6. The van der Waals surface area contributed by atoms with Crippen LogP contribution in [0.5, 0.6) is 0 Å². The van der Waals surface area contributed by atoms with Crippen LogP contribution in [0.15, 0.2) is 72.8 Å². The van der Waals surface area contributed by atoms with E-state index in [2.05, 4.69) is 13.2 Å². The van der Waals surface area contributed by atoms with Crippen LogP contribution in [-0.2, 0) is 19.1 Å². The second-order valence-electron chi connectivity index (χ2n) is 7.59. The Balaban J connectivity index is 2.05. The molecule has 34 heavy (non-hydrogen) atoms. The minimum Gasteiger partial charge on any atom is -0.460 e. The summed E-state index contributed by atoms with van der Waals surface area (Å²) in [5.74, 6) is -0.916. The molecule has 0 bridgehead atoms. The summed E-state index contributed by atoms with van der Waals surface area (Å²) in [6.07, 6.45) is 3.77. The lowest BCUT2D eigenvalue weighted by Gasteiger charge is -2.24. The normalized spacial score (nSPS) is 10.5. The second kappa shape index (κ2) is 12.7. The predicted octanol–water partition coefficient (Wildman–Crippen LogP) is 4.81. The number of nitro benzene ring substituents is 1. The van der Waals surface area contributed by atoms with Crippen molar-refractivity contribution in [2.75, 3.05) is 31.2 Å². The summed E-state index contributed by atoms with van der Waals surface area (Å²) in [6, 6.07) is 14.0. The molecule has 178 valence electrons. The molecule has 0 aromatic heterocycles. The van der Waals surface area contributed by atoms with Gasteiger partial charge < -0.3 is 14.4 Å². The number of nitro groups is 1. The number of hydrogen-bond donors (Lipinski definition) is 0. The van der Waals surface area contributed by atoms with Gasteiger partial charge in [0.15, 0.2) is 0 Å². The topological polar surface area (TPSA) is 99.0 Å². The van der Waals surface area contributed by atoms with E-state index in [1.165, 1.54) is 12.1 Å². The average molecular weight is 465 g/mol. The van der Waals surface area contributed by atoms with Crippen LogP contribution in [0.3, 0.4) is 0 Å². The van der Waals surface area contributed by atoms with Crippen molar-refractivity contribution < 1.29 is 24.0 Å². The second-order valence-corrected chi connectivity index (χ2v) is 7.59. The van der Waals surface area contributed by atoms with Crippen LogP contribution < -0.4 is 4.90 Å². The van der Waals surface area contributed by atoms with Crippen LogP contribution in [-0.4, -0.2) is 43.2 Å². The molecule has 0 unspecified atom stereocenters. The monoisotopic (exact) mass is 464 g/mol. The molecule has 0 radical (unpaired) electrons. The molecule has 0 aliphatic carbocycles. The molecule has 0 atom stereocenters. The molecule has 0 spiro atoms. The van der Waals surface area contributed by atoms with Crippen molar-refractivity contribution >= 4 is 35.5 Å². The largest absolute Gasteiger partial charge is 0.460 e. The Labute approximate surface area is 198 Å². The minimum atomic E-state index is -0.458. The smallest absolute Gasteiger partial charge is 0.333 e. The molecule has 0 aliphatic heterocycles. The highest BCUT2D eigenvalue weighted by Crippen LogP contribution is 2.18. The SMILES string of the molecule is C=C(C)C(=O)OCCN(CCOC(=O)C(=C)C)c1ccc(/C=C/c2ccc([N+](=O)[O-])cc2)cc1. The van der Waals surface area contributed by atoms with Crippen molar-refractivity contribution in [1.29, 1.82) is 0 Å². The van der Waals surface area contributed by atoms with Crippen molar-refractivity contribution in [3.63, 3.8) is 0 Å². The number of non-ortho nitro benzene ring substituents is 1. The van der Waals surface area contributed by atoms with E-state index in [4.69, 9.17) is 9.47 Å². The number of ether oxygens (including phenoxy) is 2. The third-order valence-electron chi connectivity index (χ3n) is 4.72. The first-order valence-corrected chi connectivity index (χ1v) is 10.6. The zero-order valence-electron chi connectivity index (χ0n) is 19.4. The van der Waals surface area contributed by atoms with Gasteiger partial charge in [0.1, 0.15) is 13.2 Å². The Hall–Kier alpha value is -4.20. The zero-order chi connectivity index (χ0) is 25.1. The van der Waals surface area contributed by atoms with E-state index in [1.54, 1.807) is 26.0 Å². The molecule has 8 heteroatoms. The van der Waals surface area contributed by atoms with Crippen LogP contribution >= 0.6 is 0 Å². The van der Waals surface area contributed by atoms with Gasteiger partial charge in [-0.1, -0.05) is 37.4 Å². The summed E-state index contributed by atoms with van der Waals surface area (Å²) >= 11 is 0. The summed E-state index contributed by atoms with van der Waals surface area (Å²) in [5.41, 5.74) is 3.34. The number of benzene rings is 2. The summed E-state index contributed by atoms with van der Waals surface area (Å²) in [7, 11) is 0. The number of esters is 2. The van der Waals surface area contributed by atoms with Gasteiger partial charge in [0, 0.05) is 29.0 Å². The van der Waals surface area contributed by atoms with E-state index in [0.29, 0.717) is 24.2 Å². The molecule has 0 saturated carbocycles. The number of rotatable bonds is 12. The fraction of sp³-hybridized carbons (Fsp3) is 0.231. The van der Waals surface area contributed by atoms with Crippen molar-refractivity contribution in [3.8, 4) is 0 Å². The first kappa shape index (κ1) is 26.1. The van der Waals surface area contributed by atoms with Crippen molar-refractivity contribution in [1.82, 2.24) is 0 Å². The van der Waals surface area contributed by atoms with Gasteiger partial charge in [-0.25, -0.2) is 9.59 Å². The lowest BCUT2D eigenvalue weighted by molar-refractivity contribution is -0.384. The number of carbonyl (C=O) groups excluding carboxylic acids is 2. The van der Waals surface area contributed by atoms with E-state index >= 15 is 0 Å². The van der Waals surface area contributed by atoms with E-state index < -0.39 is 16.9 Å². The number of carbonyl (C=O) groups is 2. The maximum atomic E-state index is 11.7. The molecule has 2 rings (SSSR count). The fourth-order valence-corrected chi connectivity index (χ4v) is 2.81. The van der Waals surface area contributed by atoms with Crippen molar-refractivity contribution in [2.45, 2.75) is 13.8 Å². The van der Waals surface area contributed by atoms with E-state index in [9.17, 15) is 19.7 Å². The Morgan fingerprint density at radius 1 is 0.853 bits per heavy atom. The molecule has 2 aromatic carbocycles. The molecule has 0 aliphatic rings. The van der Waals surface area contributed by atoms with Crippen LogP contribution in [0.25, 0.3) is 12.2 Å². The maximum Gasteiger partial charge on any atom is 0.333 e. The van der Waals surface area contributed by atoms with Crippen LogP contribution in [0, 0.1) is 10.1 Å². The Morgan fingerprint density at radius 3 is 1.65 bits per heavy atom. The molecule has 0 amide bonds. The average Bonchev–Trinajstić information content (AvgIpc) is 2.82. The van der Waals surface area contributed by atoms with Gasteiger partial charge in [0.25, 0.3) is 5.69 Å². The van der Waals surface area contributed by atoms with Gasteiger partial charge in [0.05, 0.1) is 18.0 Å². The van der Waals surface area contributed by atoms with Gasteiger partial charge in [-0.2, -0.15) is 0 Å².